The molecule has 0 spiro atoms. The minimum absolute atomic E-state index is 0.194. The van der Waals surface area contributed by atoms with Gasteiger partial charge < -0.3 is 10.2 Å². The van der Waals surface area contributed by atoms with E-state index in [1.54, 1.807) is 0 Å². The number of rotatable bonds is 1. The zero-order chi connectivity index (χ0) is 14.0. The van der Waals surface area contributed by atoms with E-state index < -0.39 is 0 Å². The molecule has 0 amide bonds. The minimum atomic E-state index is 0.194. The van der Waals surface area contributed by atoms with E-state index in [2.05, 4.69) is 69.1 Å². The van der Waals surface area contributed by atoms with Crippen molar-refractivity contribution in [1.82, 2.24) is 5.32 Å². The summed E-state index contributed by atoms with van der Waals surface area (Å²) in [5.41, 5.74) is 3.06. The molecule has 1 aliphatic rings. The summed E-state index contributed by atoms with van der Waals surface area (Å²) in [5.74, 6) is 0. The molecule has 0 aromatic heterocycles. The first kappa shape index (κ1) is 14.4. The van der Waals surface area contributed by atoms with Crippen LogP contribution in [0.15, 0.2) is 24.3 Å². The summed E-state index contributed by atoms with van der Waals surface area (Å²) in [4.78, 5) is 2.59. The van der Waals surface area contributed by atoms with Gasteiger partial charge in [-0.3, -0.25) is 0 Å². The maximum atomic E-state index is 3.59. The van der Waals surface area contributed by atoms with E-state index in [4.69, 9.17) is 0 Å². The van der Waals surface area contributed by atoms with Gasteiger partial charge in [-0.25, -0.2) is 0 Å². The number of benzene rings is 1. The van der Waals surface area contributed by atoms with Gasteiger partial charge in [-0.2, -0.15) is 0 Å². The standard InChI is InChI=1S/C17H28N2/c1-13-12-19(14(2)10-11-18-13)16-9-7-6-8-15(16)17(3,4)5/h6-9,13-14,18H,10-12H2,1-5H3. The van der Waals surface area contributed by atoms with Crippen molar-refractivity contribution in [3.8, 4) is 0 Å². The zero-order valence-corrected chi connectivity index (χ0v) is 13.0. The molecule has 2 nitrogen and oxygen atoms in total. The van der Waals surface area contributed by atoms with E-state index in [9.17, 15) is 0 Å². The molecule has 2 heteroatoms. The van der Waals surface area contributed by atoms with Crippen LogP contribution in [-0.2, 0) is 5.41 Å². The molecule has 19 heavy (non-hydrogen) atoms. The van der Waals surface area contributed by atoms with Crippen molar-refractivity contribution in [2.75, 3.05) is 18.0 Å². The Morgan fingerprint density at radius 1 is 1.16 bits per heavy atom. The van der Waals surface area contributed by atoms with Crippen molar-refractivity contribution >= 4 is 5.69 Å². The predicted molar refractivity (Wildman–Crippen MR) is 84.0 cm³/mol. The topological polar surface area (TPSA) is 15.3 Å². The molecule has 0 radical (unpaired) electrons. The maximum Gasteiger partial charge on any atom is 0.0407 e. The van der Waals surface area contributed by atoms with Crippen molar-refractivity contribution in [2.45, 2.75) is 58.5 Å². The van der Waals surface area contributed by atoms with Crippen molar-refractivity contribution in [2.24, 2.45) is 0 Å². The average molecular weight is 260 g/mol. The van der Waals surface area contributed by atoms with Crippen LogP contribution in [-0.4, -0.2) is 25.2 Å². The number of hydrogen-bond donors (Lipinski definition) is 1. The molecule has 2 atom stereocenters. The van der Waals surface area contributed by atoms with E-state index in [-0.39, 0.29) is 5.41 Å². The van der Waals surface area contributed by atoms with Crippen molar-refractivity contribution in [3.63, 3.8) is 0 Å². The molecule has 1 saturated heterocycles. The van der Waals surface area contributed by atoms with E-state index in [0.717, 1.165) is 13.1 Å². The summed E-state index contributed by atoms with van der Waals surface area (Å²) in [5, 5.41) is 3.59. The van der Waals surface area contributed by atoms with Crippen LogP contribution < -0.4 is 10.2 Å². The Morgan fingerprint density at radius 2 is 1.84 bits per heavy atom. The quantitative estimate of drug-likeness (QED) is 0.830. The highest BCUT2D eigenvalue weighted by molar-refractivity contribution is 5.57. The molecule has 1 fully saturated rings. The fraction of sp³-hybridized carbons (Fsp3) is 0.647. The molecule has 0 bridgehead atoms. The van der Waals surface area contributed by atoms with Gasteiger partial charge in [0, 0.05) is 24.3 Å². The van der Waals surface area contributed by atoms with Crippen LogP contribution in [0.4, 0.5) is 5.69 Å². The molecule has 0 aliphatic carbocycles. The summed E-state index contributed by atoms with van der Waals surface area (Å²) in [7, 11) is 0. The van der Waals surface area contributed by atoms with Gasteiger partial charge in [0.1, 0.15) is 0 Å². The van der Waals surface area contributed by atoms with Gasteiger partial charge in [-0.05, 0) is 43.9 Å². The maximum absolute atomic E-state index is 3.59. The third-order valence-corrected chi connectivity index (χ3v) is 4.08. The van der Waals surface area contributed by atoms with Crippen LogP contribution in [0.25, 0.3) is 0 Å². The highest BCUT2D eigenvalue weighted by Crippen LogP contribution is 2.33. The van der Waals surface area contributed by atoms with Crippen LogP contribution in [0.5, 0.6) is 0 Å². The van der Waals surface area contributed by atoms with Crippen LogP contribution >= 0.6 is 0 Å². The Hall–Kier alpha value is -1.02. The van der Waals surface area contributed by atoms with E-state index >= 15 is 0 Å². The van der Waals surface area contributed by atoms with Gasteiger partial charge in [0.25, 0.3) is 0 Å². The SMILES string of the molecule is CC1CN(c2ccccc2C(C)(C)C)C(C)CCN1. The van der Waals surface area contributed by atoms with E-state index in [0.29, 0.717) is 12.1 Å². The molecule has 1 aliphatic heterocycles. The fourth-order valence-electron chi connectivity index (χ4n) is 2.93. The van der Waals surface area contributed by atoms with Gasteiger partial charge in [-0.15, -0.1) is 0 Å². The molecular formula is C17H28N2. The molecular weight excluding hydrogens is 232 g/mol. The molecule has 1 aromatic rings. The van der Waals surface area contributed by atoms with Gasteiger partial charge in [-0.1, -0.05) is 39.0 Å². The predicted octanol–water partition coefficient (Wildman–Crippen LogP) is 3.56. The Balaban J connectivity index is 2.39. The zero-order valence-electron chi connectivity index (χ0n) is 13.0. The first-order valence-corrected chi connectivity index (χ1v) is 7.49. The number of nitrogens with one attached hydrogen (secondary N) is 1. The Morgan fingerprint density at radius 3 is 2.53 bits per heavy atom. The first-order chi connectivity index (χ1) is 8.89. The van der Waals surface area contributed by atoms with Crippen LogP contribution in [0, 0.1) is 0 Å². The summed E-state index contributed by atoms with van der Waals surface area (Å²) in [6, 6.07) is 10.0. The molecule has 2 rings (SSSR count). The number of para-hydroxylation sites is 1. The van der Waals surface area contributed by atoms with Gasteiger partial charge >= 0.3 is 0 Å². The van der Waals surface area contributed by atoms with E-state index in [1.807, 2.05) is 0 Å². The summed E-state index contributed by atoms with van der Waals surface area (Å²) in [6.45, 7) is 13.7. The second-order valence-corrected chi connectivity index (χ2v) is 6.91. The van der Waals surface area contributed by atoms with Crippen LogP contribution in [0.2, 0.25) is 0 Å². The lowest BCUT2D eigenvalue weighted by molar-refractivity contribution is 0.568. The Kier molecular flexibility index (Phi) is 4.19. The fourth-order valence-corrected chi connectivity index (χ4v) is 2.93. The van der Waals surface area contributed by atoms with Crippen LogP contribution in [0.3, 0.4) is 0 Å². The van der Waals surface area contributed by atoms with Crippen LogP contribution in [0.1, 0.15) is 46.6 Å². The second kappa shape index (κ2) is 5.54. The number of hydrogen-bond acceptors (Lipinski definition) is 2. The number of anilines is 1. The largest absolute Gasteiger partial charge is 0.367 e. The molecule has 0 saturated carbocycles. The number of nitrogens with zero attached hydrogens (tertiary/aromatic N) is 1. The smallest absolute Gasteiger partial charge is 0.0407 e. The van der Waals surface area contributed by atoms with Gasteiger partial charge in [0.2, 0.25) is 0 Å². The lowest BCUT2D eigenvalue weighted by Crippen LogP contribution is -2.39. The Bertz CT molecular complexity index is 420. The molecule has 1 N–H and O–H groups in total. The van der Waals surface area contributed by atoms with Crippen molar-refractivity contribution < 1.29 is 0 Å². The highest BCUT2D eigenvalue weighted by Gasteiger charge is 2.26. The minimum Gasteiger partial charge on any atom is -0.367 e. The van der Waals surface area contributed by atoms with Gasteiger partial charge in [0.15, 0.2) is 0 Å². The molecule has 1 aromatic carbocycles. The molecule has 1 heterocycles. The third kappa shape index (κ3) is 3.30. The second-order valence-electron chi connectivity index (χ2n) is 6.91. The molecule has 2 unspecified atom stereocenters. The monoisotopic (exact) mass is 260 g/mol. The molecule has 106 valence electrons. The summed E-state index contributed by atoms with van der Waals surface area (Å²) < 4.78 is 0. The summed E-state index contributed by atoms with van der Waals surface area (Å²) in [6.07, 6.45) is 1.21. The summed E-state index contributed by atoms with van der Waals surface area (Å²) >= 11 is 0. The normalized spacial score (nSPS) is 25.2. The van der Waals surface area contributed by atoms with Crippen molar-refractivity contribution in [3.05, 3.63) is 29.8 Å². The lowest BCUT2D eigenvalue weighted by atomic mass is 9.85. The lowest BCUT2D eigenvalue weighted by Gasteiger charge is -2.35. The Labute approximate surface area is 118 Å². The highest BCUT2D eigenvalue weighted by atomic mass is 15.2. The van der Waals surface area contributed by atoms with Crippen molar-refractivity contribution in [1.29, 1.82) is 0 Å². The van der Waals surface area contributed by atoms with Gasteiger partial charge in [0.05, 0.1) is 0 Å². The first-order valence-electron chi connectivity index (χ1n) is 7.49. The van der Waals surface area contributed by atoms with E-state index in [1.165, 1.54) is 17.7 Å². The third-order valence-electron chi connectivity index (χ3n) is 4.08. The average Bonchev–Trinajstić information content (AvgIpc) is 2.50.